The summed E-state index contributed by atoms with van der Waals surface area (Å²) >= 11 is 0. The van der Waals surface area contributed by atoms with Crippen LogP contribution in [0.3, 0.4) is 0 Å². The van der Waals surface area contributed by atoms with Gasteiger partial charge in [-0.05, 0) is 25.8 Å². The Bertz CT molecular complexity index is 287. The third-order valence-corrected chi connectivity index (χ3v) is 5.48. The molecule has 0 spiro atoms. The van der Waals surface area contributed by atoms with Crippen molar-refractivity contribution in [1.82, 2.24) is 5.32 Å². The van der Waals surface area contributed by atoms with Crippen molar-refractivity contribution in [1.29, 1.82) is 0 Å². The van der Waals surface area contributed by atoms with Gasteiger partial charge in [0.2, 0.25) is 0 Å². The number of hydrogen-bond acceptors (Lipinski definition) is 3. The van der Waals surface area contributed by atoms with E-state index < -0.39 is 9.84 Å². The summed E-state index contributed by atoms with van der Waals surface area (Å²) in [6.07, 6.45) is 10.9. The molecule has 1 aliphatic heterocycles. The van der Waals surface area contributed by atoms with Crippen LogP contribution in [0.1, 0.15) is 64.7 Å². The fourth-order valence-corrected chi connectivity index (χ4v) is 3.97. The lowest BCUT2D eigenvalue weighted by Crippen LogP contribution is -2.37. The number of sulfone groups is 1. The van der Waals surface area contributed by atoms with Gasteiger partial charge in [-0.25, -0.2) is 8.42 Å². The molecule has 0 bridgehead atoms. The second kappa shape index (κ2) is 8.92. The topological polar surface area (TPSA) is 46.2 Å². The van der Waals surface area contributed by atoms with E-state index in [-0.39, 0.29) is 0 Å². The number of rotatable bonds is 9. The predicted molar refractivity (Wildman–Crippen MR) is 77.7 cm³/mol. The van der Waals surface area contributed by atoms with Crippen molar-refractivity contribution < 1.29 is 8.42 Å². The van der Waals surface area contributed by atoms with Crippen LogP contribution in [0.5, 0.6) is 0 Å². The Morgan fingerprint density at radius 3 is 2.11 bits per heavy atom. The molecule has 1 fully saturated rings. The zero-order valence-corrected chi connectivity index (χ0v) is 12.6. The van der Waals surface area contributed by atoms with Crippen LogP contribution in [0, 0.1) is 0 Å². The molecule has 0 aromatic heterocycles. The summed E-state index contributed by atoms with van der Waals surface area (Å²) in [6, 6.07) is 0.439. The third-order valence-electron chi connectivity index (χ3n) is 3.77. The molecule has 0 aliphatic carbocycles. The van der Waals surface area contributed by atoms with Crippen molar-refractivity contribution >= 4 is 9.84 Å². The Labute approximate surface area is 113 Å². The van der Waals surface area contributed by atoms with E-state index in [4.69, 9.17) is 0 Å². The van der Waals surface area contributed by atoms with Gasteiger partial charge in [-0.2, -0.15) is 0 Å². The maximum Gasteiger partial charge on any atom is 0.150 e. The summed E-state index contributed by atoms with van der Waals surface area (Å²) in [5.41, 5.74) is 0. The fraction of sp³-hybridized carbons (Fsp3) is 1.00. The number of hydrogen-bond donors (Lipinski definition) is 1. The van der Waals surface area contributed by atoms with Gasteiger partial charge >= 0.3 is 0 Å². The SMILES string of the molecule is CCCCCCCCCNC1CCS(=O)(=O)CC1. The van der Waals surface area contributed by atoms with Gasteiger partial charge < -0.3 is 5.32 Å². The Morgan fingerprint density at radius 2 is 1.50 bits per heavy atom. The first-order chi connectivity index (χ1) is 8.64. The second-order valence-corrected chi connectivity index (χ2v) is 7.81. The molecule has 1 heterocycles. The van der Waals surface area contributed by atoms with Crippen molar-refractivity contribution in [2.24, 2.45) is 0 Å². The standard InChI is InChI=1S/C14H29NO2S/c1-2-3-4-5-6-7-8-11-15-14-9-12-18(16,17)13-10-14/h14-15H,2-13H2,1H3. The van der Waals surface area contributed by atoms with Crippen LogP contribution in [0.2, 0.25) is 0 Å². The molecule has 0 unspecified atom stereocenters. The highest BCUT2D eigenvalue weighted by molar-refractivity contribution is 7.91. The van der Waals surface area contributed by atoms with Gasteiger partial charge in [-0.3, -0.25) is 0 Å². The van der Waals surface area contributed by atoms with Crippen molar-refractivity contribution in [3.05, 3.63) is 0 Å². The molecular weight excluding hydrogens is 246 g/mol. The van der Waals surface area contributed by atoms with Gasteiger partial charge in [-0.15, -0.1) is 0 Å². The van der Waals surface area contributed by atoms with Gasteiger partial charge in [-0.1, -0.05) is 45.4 Å². The van der Waals surface area contributed by atoms with Crippen LogP contribution < -0.4 is 5.32 Å². The molecule has 0 saturated carbocycles. The maximum absolute atomic E-state index is 11.3. The van der Waals surface area contributed by atoms with Crippen LogP contribution in [-0.2, 0) is 9.84 Å². The molecular formula is C14H29NO2S. The lowest BCUT2D eigenvalue weighted by Gasteiger charge is -2.23. The first-order valence-electron chi connectivity index (χ1n) is 7.58. The molecule has 0 aromatic rings. The summed E-state index contributed by atoms with van der Waals surface area (Å²) in [7, 11) is -2.70. The van der Waals surface area contributed by atoms with Crippen molar-refractivity contribution in [2.75, 3.05) is 18.1 Å². The zero-order valence-electron chi connectivity index (χ0n) is 11.8. The van der Waals surface area contributed by atoms with Crippen LogP contribution in [0.15, 0.2) is 0 Å². The van der Waals surface area contributed by atoms with Crippen LogP contribution >= 0.6 is 0 Å². The lowest BCUT2D eigenvalue weighted by molar-refractivity contribution is 0.451. The van der Waals surface area contributed by atoms with Crippen LogP contribution in [-0.4, -0.2) is 32.5 Å². The largest absolute Gasteiger partial charge is 0.314 e. The average Bonchev–Trinajstić information content (AvgIpc) is 2.34. The minimum absolute atomic E-state index is 0.377. The number of unbranched alkanes of at least 4 members (excludes halogenated alkanes) is 6. The molecule has 18 heavy (non-hydrogen) atoms. The Balaban J connectivity index is 1.90. The molecule has 108 valence electrons. The molecule has 0 aromatic carbocycles. The van der Waals surface area contributed by atoms with E-state index in [1.54, 1.807) is 0 Å². The van der Waals surface area contributed by atoms with E-state index in [1.807, 2.05) is 0 Å². The van der Waals surface area contributed by atoms with E-state index in [1.165, 1.54) is 44.9 Å². The molecule has 0 amide bonds. The van der Waals surface area contributed by atoms with Gasteiger partial charge in [0.15, 0.2) is 0 Å². The molecule has 1 N–H and O–H groups in total. The Hall–Kier alpha value is -0.0900. The Morgan fingerprint density at radius 1 is 0.944 bits per heavy atom. The smallest absolute Gasteiger partial charge is 0.150 e. The van der Waals surface area contributed by atoms with Gasteiger partial charge in [0, 0.05) is 6.04 Å². The zero-order chi connectivity index (χ0) is 13.3. The normalized spacial score (nSPS) is 20.1. The predicted octanol–water partition coefficient (Wildman–Crippen LogP) is 2.90. The molecule has 0 radical (unpaired) electrons. The molecule has 3 nitrogen and oxygen atoms in total. The average molecular weight is 275 g/mol. The third kappa shape index (κ3) is 7.37. The summed E-state index contributed by atoms with van der Waals surface area (Å²) in [5, 5.41) is 3.50. The highest BCUT2D eigenvalue weighted by Crippen LogP contribution is 2.12. The molecule has 0 atom stereocenters. The summed E-state index contributed by atoms with van der Waals surface area (Å²) in [4.78, 5) is 0. The van der Waals surface area contributed by atoms with Crippen molar-refractivity contribution in [3.8, 4) is 0 Å². The lowest BCUT2D eigenvalue weighted by atomic mass is 10.1. The molecule has 1 saturated heterocycles. The van der Waals surface area contributed by atoms with Crippen molar-refractivity contribution in [2.45, 2.75) is 70.8 Å². The minimum atomic E-state index is -2.70. The van der Waals surface area contributed by atoms with E-state index in [0.29, 0.717) is 17.5 Å². The quantitative estimate of drug-likeness (QED) is 0.658. The minimum Gasteiger partial charge on any atom is -0.314 e. The maximum atomic E-state index is 11.3. The van der Waals surface area contributed by atoms with E-state index >= 15 is 0 Å². The summed E-state index contributed by atoms with van der Waals surface area (Å²) < 4.78 is 22.5. The van der Waals surface area contributed by atoms with Crippen LogP contribution in [0.25, 0.3) is 0 Å². The van der Waals surface area contributed by atoms with E-state index in [9.17, 15) is 8.42 Å². The fourth-order valence-electron chi connectivity index (χ4n) is 2.48. The van der Waals surface area contributed by atoms with E-state index in [2.05, 4.69) is 12.2 Å². The molecule has 4 heteroatoms. The molecule has 1 aliphatic rings. The van der Waals surface area contributed by atoms with Gasteiger partial charge in [0.25, 0.3) is 0 Å². The Kier molecular flexibility index (Phi) is 7.91. The highest BCUT2D eigenvalue weighted by Gasteiger charge is 2.22. The monoisotopic (exact) mass is 275 g/mol. The highest BCUT2D eigenvalue weighted by atomic mass is 32.2. The second-order valence-electron chi connectivity index (χ2n) is 5.50. The summed E-state index contributed by atoms with van der Waals surface area (Å²) in [6.45, 7) is 3.30. The van der Waals surface area contributed by atoms with Gasteiger partial charge in [0.05, 0.1) is 11.5 Å². The molecule has 1 rings (SSSR count). The first kappa shape index (κ1) is 16.0. The van der Waals surface area contributed by atoms with Crippen LogP contribution in [0.4, 0.5) is 0 Å². The van der Waals surface area contributed by atoms with Gasteiger partial charge in [0.1, 0.15) is 9.84 Å². The number of nitrogens with one attached hydrogen (secondary N) is 1. The summed E-state index contributed by atoms with van der Waals surface area (Å²) in [5.74, 6) is 0.753. The van der Waals surface area contributed by atoms with Crippen molar-refractivity contribution in [3.63, 3.8) is 0 Å². The van der Waals surface area contributed by atoms with E-state index in [0.717, 1.165) is 19.4 Å². The first-order valence-corrected chi connectivity index (χ1v) is 9.40.